The van der Waals surface area contributed by atoms with Gasteiger partial charge < -0.3 is 20.9 Å². The predicted octanol–water partition coefficient (Wildman–Crippen LogP) is 2.11. The fourth-order valence-corrected chi connectivity index (χ4v) is 2.15. The minimum absolute atomic E-state index is 0.313. The molecule has 0 heterocycles. The molecule has 1 aromatic carbocycles. The van der Waals surface area contributed by atoms with Crippen molar-refractivity contribution in [1.82, 2.24) is 5.32 Å². The molecule has 2 unspecified atom stereocenters. The van der Waals surface area contributed by atoms with E-state index in [9.17, 15) is 9.59 Å². The van der Waals surface area contributed by atoms with Gasteiger partial charge in [0, 0.05) is 6.04 Å². The first-order chi connectivity index (χ1) is 10.6. The summed E-state index contributed by atoms with van der Waals surface area (Å²) in [5, 5.41) is 11.9. The van der Waals surface area contributed by atoms with Crippen LogP contribution in [0.4, 0.5) is 10.5 Å². The summed E-state index contributed by atoms with van der Waals surface area (Å²) in [6.07, 6.45) is 0.339. The second-order valence-electron chi connectivity index (χ2n) is 6.84. The number of quaternary nitrogens is 1. The third-order valence-electron chi connectivity index (χ3n) is 3.29. The third-order valence-corrected chi connectivity index (χ3v) is 3.29. The molecule has 0 aliphatic rings. The molecule has 1 rings (SSSR count). The molecule has 0 aliphatic heterocycles. The van der Waals surface area contributed by atoms with Crippen molar-refractivity contribution in [3.8, 4) is 0 Å². The summed E-state index contributed by atoms with van der Waals surface area (Å²) >= 11 is 0. The summed E-state index contributed by atoms with van der Waals surface area (Å²) < 4.78 is 5.26. The standard InChI is InChI=1S/C17H26N2O4/c1-11(15(20)21)9-14(19-16(22)23-17(2,3)4)10-12-5-7-13(18)8-6-12/h5-8,11,14H,9-10,18H2,1-4H3,(H,19,22)(H,20,21)/p+1. The summed E-state index contributed by atoms with van der Waals surface area (Å²) in [5.41, 5.74) is 5.16. The van der Waals surface area contributed by atoms with E-state index in [1.54, 1.807) is 27.7 Å². The highest BCUT2D eigenvalue weighted by Crippen LogP contribution is 2.14. The topological polar surface area (TPSA) is 103 Å². The van der Waals surface area contributed by atoms with Gasteiger partial charge >= 0.3 is 12.1 Å². The molecule has 23 heavy (non-hydrogen) atoms. The molecular weight excluding hydrogens is 296 g/mol. The van der Waals surface area contributed by atoms with Crippen LogP contribution in [0.15, 0.2) is 24.3 Å². The number of hydrogen-bond acceptors (Lipinski definition) is 3. The quantitative estimate of drug-likeness (QED) is 0.746. The molecule has 1 aromatic rings. The van der Waals surface area contributed by atoms with Gasteiger partial charge in [0.05, 0.1) is 5.92 Å². The number of aliphatic carboxylic acids is 1. The van der Waals surface area contributed by atoms with Crippen molar-refractivity contribution in [2.45, 2.75) is 52.2 Å². The number of amides is 1. The molecule has 0 radical (unpaired) electrons. The van der Waals surface area contributed by atoms with Gasteiger partial charge in [-0.15, -0.1) is 0 Å². The van der Waals surface area contributed by atoms with Crippen molar-refractivity contribution in [1.29, 1.82) is 0 Å². The molecule has 0 aromatic heterocycles. The van der Waals surface area contributed by atoms with E-state index in [1.165, 1.54) is 0 Å². The van der Waals surface area contributed by atoms with Crippen LogP contribution in [-0.2, 0) is 16.0 Å². The van der Waals surface area contributed by atoms with E-state index in [2.05, 4.69) is 11.1 Å². The molecule has 0 spiro atoms. The second-order valence-corrected chi connectivity index (χ2v) is 6.84. The molecular formula is C17H27N2O4+. The highest BCUT2D eigenvalue weighted by atomic mass is 16.6. The molecule has 2 atom stereocenters. The van der Waals surface area contributed by atoms with Crippen molar-refractivity contribution >= 4 is 17.7 Å². The van der Waals surface area contributed by atoms with E-state index < -0.39 is 23.6 Å². The molecule has 0 fully saturated rings. The maximum absolute atomic E-state index is 12.0. The van der Waals surface area contributed by atoms with Crippen LogP contribution in [0.3, 0.4) is 0 Å². The Morgan fingerprint density at radius 1 is 1.26 bits per heavy atom. The summed E-state index contributed by atoms with van der Waals surface area (Å²) in [6, 6.07) is 7.32. The summed E-state index contributed by atoms with van der Waals surface area (Å²) in [7, 11) is 0. The van der Waals surface area contributed by atoms with Crippen LogP contribution in [0.1, 0.15) is 39.7 Å². The number of carbonyl (C=O) groups is 2. The SMILES string of the molecule is CC(CC(Cc1ccc([NH3+])cc1)NC(=O)OC(C)(C)C)C(=O)O. The molecule has 5 N–H and O–H groups in total. The molecule has 0 aliphatic carbocycles. The second kappa shape index (κ2) is 7.97. The average molecular weight is 323 g/mol. The number of ether oxygens (including phenoxy) is 1. The van der Waals surface area contributed by atoms with E-state index in [-0.39, 0.29) is 6.04 Å². The number of rotatable bonds is 6. The Morgan fingerprint density at radius 2 is 1.83 bits per heavy atom. The van der Waals surface area contributed by atoms with E-state index >= 15 is 0 Å². The van der Waals surface area contributed by atoms with Gasteiger partial charge in [0.1, 0.15) is 11.3 Å². The van der Waals surface area contributed by atoms with Crippen molar-refractivity contribution < 1.29 is 25.2 Å². The Hall–Kier alpha value is -2.08. The maximum atomic E-state index is 12.0. The number of carboxylic acid groups (broad SMARTS) is 1. The van der Waals surface area contributed by atoms with E-state index in [1.807, 2.05) is 24.3 Å². The van der Waals surface area contributed by atoms with E-state index in [0.717, 1.165) is 11.3 Å². The van der Waals surface area contributed by atoms with Gasteiger partial charge in [0.2, 0.25) is 0 Å². The van der Waals surface area contributed by atoms with Gasteiger partial charge in [-0.3, -0.25) is 4.79 Å². The highest BCUT2D eigenvalue weighted by molar-refractivity contribution is 5.70. The zero-order valence-electron chi connectivity index (χ0n) is 14.3. The highest BCUT2D eigenvalue weighted by Gasteiger charge is 2.23. The van der Waals surface area contributed by atoms with Gasteiger partial charge in [-0.1, -0.05) is 19.1 Å². The van der Waals surface area contributed by atoms with Crippen molar-refractivity contribution in [2.75, 3.05) is 0 Å². The fraction of sp³-hybridized carbons (Fsp3) is 0.529. The number of carboxylic acids is 1. The molecule has 0 saturated carbocycles. The monoisotopic (exact) mass is 323 g/mol. The van der Waals surface area contributed by atoms with Crippen LogP contribution in [-0.4, -0.2) is 28.8 Å². The van der Waals surface area contributed by atoms with Crippen LogP contribution in [0.25, 0.3) is 0 Å². The Bertz CT molecular complexity index is 535. The third kappa shape index (κ3) is 7.65. The van der Waals surface area contributed by atoms with Gasteiger partial charge in [0.15, 0.2) is 0 Å². The molecule has 0 bridgehead atoms. The Kier molecular flexibility index (Phi) is 6.57. The van der Waals surface area contributed by atoms with Crippen LogP contribution in [0.2, 0.25) is 0 Å². The molecule has 128 valence electrons. The molecule has 0 saturated heterocycles. The van der Waals surface area contributed by atoms with Crippen molar-refractivity contribution in [2.24, 2.45) is 5.92 Å². The van der Waals surface area contributed by atoms with Gasteiger partial charge in [0.25, 0.3) is 0 Å². The van der Waals surface area contributed by atoms with Gasteiger partial charge in [-0.25, -0.2) is 4.79 Å². The molecule has 6 heteroatoms. The minimum atomic E-state index is -0.880. The largest absolute Gasteiger partial charge is 0.481 e. The Morgan fingerprint density at radius 3 is 2.30 bits per heavy atom. The van der Waals surface area contributed by atoms with E-state index in [0.29, 0.717) is 12.8 Å². The van der Waals surface area contributed by atoms with Gasteiger partial charge in [-0.05, 0) is 51.3 Å². The lowest BCUT2D eigenvalue weighted by Crippen LogP contribution is -2.42. The van der Waals surface area contributed by atoms with E-state index in [4.69, 9.17) is 9.84 Å². The number of alkyl carbamates (subject to hydrolysis) is 1. The maximum Gasteiger partial charge on any atom is 0.407 e. The number of carbonyl (C=O) groups excluding carboxylic acids is 1. The normalized spacial score (nSPS) is 14.0. The van der Waals surface area contributed by atoms with Crippen LogP contribution in [0.5, 0.6) is 0 Å². The smallest absolute Gasteiger partial charge is 0.407 e. The Labute approximate surface area is 137 Å². The zero-order chi connectivity index (χ0) is 17.6. The number of hydrogen-bond donors (Lipinski definition) is 3. The summed E-state index contributed by atoms with van der Waals surface area (Å²) in [6.45, 7) is 6.99. The lowest BCUT2D eigenvalue weighted by Gasteiger charge is -2.24. The lowest BCUT2D eigenvalue weighted by molar-refractivity contribution is -0.254. The fourth-order valence-electron chi connectivity index (χ4n) is 2.15. The lowest BCUT2D eigenvalue weighted by atomic mass is 9.96. The molecule has 6 nitrogen and oxygen atoms in total. The zero-order valence-corrected chi connectivity index (χ0v) is 14.3. The van der Waals surface area contributed by atoms with Crippen LogP contribution < -0.4 is 11.1 Å². The first-order valence-corrected chi connectivity index (χ1v) is 7.70. The first kappa shape index (κ1) is 19.0. The van der Waals surface area contributed by atoms with Crippen LogP contribution >= 0.6 is 0 Å². The first-order valence-electron chi connectivity index (χ1n) is 7.70. The van der Waals surface area contributed by atoms with Crippen molar-refractivity contribution in [3.63, 3.8) is 0 Å². The number of benzene rings is 1. The average Bonchev–Trinajstić information content (AvgIpc) is 2.38. The summed E-state index contributed by atoms with van der Waals surface area (Å²) in [5.74, 6) is -1.43. The summed E-state index contributed by atoms with van der Waals surface area (Å²) in [4.78, 5) is 23.1. The predicted molar refractivity (Wildman–Crippen MR) is 87.3 cm³/mol. The molecule has 1 amide bonds. The van der Waals surface area contributed by atoms with Gasteiger partial charge in [-0.2, -0.15) is 0 Å². The van der Waals surface area contributed by atoms with Crippen LogP contribution in [0, 0.1) is 5.92 Å². The number of nitrogens with one attached hydrogen (secondary N) is 1. The van der Waals surface area contributed by atoms with Crippen molar-refractivity contribution in [3.05, 3.63) is 29.8 Å². The Balaban J connectivity index is 2.77. The minimum Gasteiger partial charge on any atom is -0.481 e.